The summed E-state index contributed by atoms with van der Waals surface area (Å²) < 4.78 is 5.34. The summed E-state index contributed by atoms with van der Waals surface area (Å²) in [7, 11) is 0. The molecule has 0 bridgehead atoms. The Bertz CT molecular complexity index is 813. The van der Waals surface area contributed by atoms with Crippen LogP contribution < -0.4 is 5.32 Å². The predicted octanol–water partition coefficient (Wildman–Crippen LogP) is 3.97. The monoisotopic (exact) mass is 337 g/mol. The number of nitro benzene ring substituents is 1. The van der Waals surface area contributed by atoms with E-state index in [1.54, 1.807) is 12.1 Å². The van der Waals surface area contributed by atoms with Crippen LogP contribution in [0.4, 0.5) is 5.69 Å². The average Bonchev–Trinajstić information content (AvgIpc) is 3.11. The van der Waals surface area contributed by atoms with E-state index < -0.39 is 4.92 Å². The Morgan fingerprint density at radius 3 is 2.56 bits per heavy atom. The lowest BCUT2D eigenvalue weighted by atomic mass is 10.1. The van der Waals surface area contributed by atoms with Gasteiger partial charge in [0.2, 0.25) is 0 Å². The molecule has 0 radical (unpaired) electrons. The van der Waals surface area contributed by atoms with Crippen molar-refractivity contribution in [1.82, 2.24) is 10.5 Å². The first-order valence-corrected chi connectivity index (χ1v) is 8.17. The molecule has 128 valence electrons. The van der Waals surface area contributed by atoms with Gasteiger partial charge in [0.15, 0.2) is 5.76 Å². The van der Waals surface area contributed by atoms with Gasteiger partial charge in [0.1, 0.15) is 0 Å². The zero-order valence-corrected chi connectivity index (χ0v) is 13.7. The van der Waals surface area contributed by atoms with Crippen molar-refractivity contribution in [1.29, 1.82) is 0 Å². The third-order valence-corrected chi connectivity index (χ3v) is 3.88. The van der Waals surface area contributed by atoms with Gasteiger partial charge in [-0.3, -0.25) is 10.1 Å². The number of aryl methyl sites for hydroxylation is 1. The van der Waals surface area contributed by atoms with Crippen molar-refractivity contribution in [2.75, 3.05) is 6.54 Å². The Morgan fingerprint density at radius 2 is 1.84 bits per heavy atom. The fourth-order valence-electron chi connectivity index (χ4n) is 2.54. The van der Waals surface area contributed by atoms with E-state index in [4.69, 9.17) is 4.52 Å². The Morgan fingerprint density at radius 1 is 1.08 bits per heavy atom. The van der Waals surface area contributed by atoms with E-state index in [-0.39, 0.29) is 5.69 Å². The van der Waals surface area contributed by atoms with Crippen molar-refractivity contribution >= 4 is 5.69 Å². The van der Waals surface area contributed by atoms with E-state index in [9.17, 15) is 10.1 Å². The minimum absolute atomic E-state index is 0.0629. The number of nitro groups is 1. The lowest BCUT2D eigenvalue weighted by molar-refractivity contribution is -0.384. The molecule has 6 nitrogen and oxygen atoms in total. The topological polar surface area (TPSA) is 81.2 Å². The Labute approximate surface area is 145 Å². The smallest absolute Gasteiger partial charge is 0.269 e. The fourth-order valence-corrected chi connectivity index (χ4v) is 2.54. The molecule has 1 aromatic heterocycles. The van der Waals surface area contributed by atoms with Crippen LogP contribution in [-0.2, 0) is 13.0 Å². The van der Waals surface area contributed by atoms with Crippen molar-refractivity contribution in [3.8, 4) is 11.3 Å². The quantitative estimate of drug-likeness (QED) is 0.382. The predicted molar refractivity (Wildman–Crippen MR) is 95.1 cm³/mol. The van der Waals surface area contributed by atoms with Crippen LogP contribution in [0.3, 0.4) is 0 Å². The van der Waals surface area contributed by atoms with E-state index in [1.165, 1.54) is 17.7 Å². The van der Waals surface area contributed by atoms with Gasteiger partial charge < -0.3 is 9.84 Å². The van der Waals surface area contributed by atoms with Gasteiger partial charge >= 0.3 is 0 Å². The number of non-ortho nitro benzene ring substituents is 1. The number of aromatic nitrogens is 1. The lowest BCUT2D eigenvalue weighted by Crippen LogP contribution is -2.15. The summed E-state index contributed by atoms with van der Waals surface area (Å²) in [5, 5.41) is 18.2. The second-order valence-electron chi connectivity index (χ2n) is 5.75. The van der Waals surface area contributed by atoms with E-state index in [1.807, 2.05) is 24.3 Å². The molecule has 1 heterocycles. The van der Waals surface area contributed by atoms with Gasteiger partial charge in [-0.15, -0.1) is 0 Å². The van der Waals surface area contributed by atoms with E-state index in [2.05, 4.69) is 22.6 Å². The molecular formula is C19H19N3O3. The zero-order valence-electron chi connectivity index (χ0n) is 13.7. The average molecular weight is 337 g/mol. The molecule has 3 rings (SSSR count). The molecule has 0 saturated heterocycles. The summed E-state index contributed by atoms with van der Waals surface area (Å²) >= 11 is 0. The van der Waals surface area contributed by atoms with Gasteiger partial charge in [-0.25, -0.2) is 0 Å². The van der Waals surface area contributed by atoms with Crippen LogP contribution in [0, 0.1) is 10.1 Å². The molecular weight excluding hydrogens is 318 g/mol. The largest absolute Gasteiger partial charge is 0.356 e. The van der Waals surface area contributed by atoms with Crippen LogP contribution in [0.5, 0.6) is 0 Å². The maximum Gasteiger partial charge on any atom is 0.269 e. The molecule has 0 aliphatic heterocycles. The van der Waals surface area contributed by atoms with E-state index in [0.29, 0.717) is 5.76 Å². The second kappa shape index (κ2) is 8.21. The first-order valence-electron chi connectivity index (χ1n) is 8.17. The van der Waals surface area contributed by atoms with Gasteiger partial charge in [-0.05, 0) is 37.1 Å². The Balaban J connectivity index is 1.46. The fraction of sp³-hybridized carbons (Fsp3) is 0.211. The van der Waals surface area contributed by atoms with Gasteiger partial charge in [0, 0.05) is 30.3 Å². The van der Waals surface area contributed by atoms with Crippen LogP contribution in [0.15, 0.2) is 65.2 Å². The highest BCUT2D eigenvalue weighted by Crippen LogP contribution is 2.23. The standard InChI is InChI=1S/C19H19N3O3/c23-22(24)18-10-8-16(9-11-18)19-13-17(21-25-19)7-4-12-20-14-15-5-2-1-3-6-15/h1-3,5-6,8-11,13,20H,4,7,12,14H2. The van der Waals surface area contributed by atoms with Crippen molar-refractivity contribution in [3.63, 3.8) is 0 Å². The highest BCUT2D eigenvalue weighted by Gasteiger charge is 2.09. The van der Waals surface area contributed by atoms with Crippen LogP contribution in [0.2, 0.25) is 0 Å². The van der Waals surface area contributed by atoms with Gasteiger partial charge in [0.25, 0.3) is 5.69 Å². The molecule has 6 heteroatoms. The second-order valence-corrected chi connectivity index (χ2v) is 5.75. The van der Waals surface area contributed by atoms with Crippen molar-refractivity contribution in [2.24, 2.45) is 0 Å². The molecule has 0 aliphatic rings. The highest BCUT2D eigenvalue weighted by molar-refractivity contribution is 5.59. The third-order valence-electron chi connectivity index (χ3n) is 3.88. The molecule has 2 aromatic carbocycles. The van der Waals surface area contributed by atoms with Gasteiger partial charge in [-0.1, -0.05) is 35.5 Å². The van der Waals surface area contributed by atoms with Crippen molar-refractivity contribution in [2.45, 2.75) is 19.4 Å². The molecule has 0 unspecified atom stereocenters. The third kappa shape index (κ3) is 4.74. The van der Waals surface area contributed by atoms with Crippen LogP contribution in [-0.4, -0.2) is 16.6 Å². The molecule has 0 aliphatic carbocycles. The van der Waals surface area contributed by atoms with Crippen LogP contribution >= 0.6 is 0 Å². The number of nitrogens with zero attached hydrogens (tertiary/aromatic N) is 2. The highest BCUT2D eigenvalue weighted by atomic mass is 16.6. The minimum Gasteiger partial charge on any atom is -0.356 e. The maximum atomic E-state index is 10.7. The summed E-state index contributed by atoms with van der Waals surface area (Å²) in [5.41, 5.74) is 3.00. The molecule has 0 atom stereocenters. The summed E-state index contributed by atoms with van der Waals surface area (Å²) in [6, 6.07) is 18.4. The van der Waals surface area contributed by atoms with Crippen molar-refractivity contribution < 1.29 is 9.45 Å². The van der Waals surface area contributed by atoms with Gasteiger partial charge in [-0.2, -0.15) is 0 Å². The Hall–Kier alpha value is -2.99. The molecule has 25 heavy (non-hydrogen) atoms. The number of benzene rings is 2. The SMILES string of the molecule is O=[N+]([O-])c1ccc(-c2cc(CCCNCc3ccccc3)no2)cc1. The minimum atomic E-state index is -0.419. The van der Waals surface area contributed by atoms with Crippen LogP contribution in [0.1, 0.15) is 17.7 Å². The maximum absolute atomic E-state index is 10.7. The number of rotatable bonds is 8. The molecule has 0 amide bonds. The summed E-state index contributed by atoms with van der Waals surface area (Å²) in [6.07, 6.45) is 1.78. The van der Waals surface area contributed by atoms with E-state index >= 15 is 0 Å². The Kier molecular flexibility index (Phi) is 5.53. The number of nitrogens with one attached hydrogen (secondary N) is 1. The zero-order chi connectivity index (χ0) is 17.5. The summed E-state index contributed by atoms with van der Waals surface area (Å²) in [6.45, 7) is 1.75. The van der Waals surface area contributed by atoms with E-state index in [0.717, 1.165) is 37.2 Å². The summed E-state index contributed by atoms with van der Waals surface area (Å²) in [4.78, 5) is 10.3. The van der Waals surface area contributed by atoms with Gasteiger partial charge in [0.05, 0.1) is 10.6 Å². The normalized spacial score (nSPS) is 10.7. The summed E-state index contributed by atoms with van der Waals surface area (Å²) in [5.74, 6) is 0.627. The molecule has 0 spiro atoms. The molecule has 0 fully saturated rings. The first kappa shape index (κ1) is 16.9. The number of hydrogen-bond donors (Lipinski definition) is 1. The molecule has 1 N–H and O–H groups in total. The first-order chi connectivity index (χ1) is 12.2. The van der Waals surface area contributed by atoms with Crippen LogP contribution in [0.25, 0.3) is 11.3 Å². The molecule has 3 aromatic rings. The molecule has 0 saturated carbocycles. The lowest BCUT2D eigenvalue weighted by Gasteiger charge is -2.03. The number of hydrogen-bond acceptors (Lipinski definition) is 5. The van der Waals surface area contributed by atoms with Crippen molar-refractivity contribution in [3.05, 3.63) is 82.0 Å².